The summed E-state index contributed by atoms with van der Waals surface area (Å²) in [5.41, 5.74) is 5.99. The van der Waals surface area contributed by atoms with Crippen molar-refractivity contribution in [2.75, 3.05) is 31.9 Å². The molecule has 0 aromatic carbocycles. The molecular formula is C14H22N4O2S. The SMILES string of the molecule is Nc1cccnc1S(=O)(=O)N1CCC(N2CCCCC2)C1. The second-order valence-electron chi connectivity index (χ2n) is 5.80. The first kappa shape index (κ1) is 14.7. The van der Waals surface area contributed by atoms with Gasteiger partial charge in [-0.25, -0.2) is 13.4 Å². The number of piperidine rings is 1. The highest BCUT2D eigenvalue weighted by molar-refractivity contribution is 7.89. The van der Waals surface area contributed by atoms with Crippen LogP contribution in [-0.4, -0.2) is 54.8 Å². The van der Waals surface area contributed by atoms with Gasteiger partial charge < -0.3 is 5.73 Å². The summed E-state index contributed by atoms with van der Waals surface area (Å²) in [5, 5.41) is -0.00991. The van der Waals surface area contributed by atoms with E-state index >= 15 is 0 Å². The van der Waals surface area contributed by atoms with Crippen molar-refractivity contribution in [3.05, 3.63) is 18.3 Å². The Labute approximate surface area is 126 Å². The van der Waals surface area contributed by atoms with Gasteiger partial charge in [0.15, 0.2) is 5.03 Å². The minimum atomic E-state index is -3.57. The number of rotatable bonds is 3. The zero-order valence-electron chi connectivity index (χ0n) is 12.1. The minimum absolute atomic E-state index is 0.00991. The highest BCUT2D eigenvalue weighted by Gasteiger charge is 2.36. The third-order valence-corrected chi connectivity index (χ3v) is 6.26. The molecule has 2 aliphatic heterocycles. The number of nitrogens with two attached hydrogens (primary N) is 1. The molecule has 0 aliphatic carbocycles. The third kappa shape index (κ3) is 2.90. The molecule has 0 amide bonds. The van der Waals surface area contributed by atoms with E-state index in [1.54, 1.807) is 12.1 Å². The molecule has 3 heterocycles. The summed E-state index contributed by atoms with van der Waals surface area (Å²) >= 11 is 0. The molecule has 1 atom stereocenters. The molecular weight excluding hydrogens is 288 g/mol. The van der Waals surface area contributed by atoms with Gasteiger partial charge in [-0.2, -0.15) is 4.31 Å². The molecule has 0 spiro atoms. The molecule has 6 nitrogen and oxygen atoms in total. The summed E-state index contributed by atoms with van der Waals surface area (Å²) in [7, 11) is -3.57. The Bertz CT molecular complexity index is 599. The van der Waals surface area contributed by atoms with Crippen molar-refractivity contribution in [2.45, 2.75) is 36.8 Å². The largest absolute Gasteiger partial charge is 0.396 e. The minimum Gasteiger partial charge on any atom is -0.396 e. The van der Waals surface area contributed by atoms with Crippen molar-refractivity contribution in [1.82, 2.24) is 14.2 Å². The van der Waals surface area contributed by atoms with Crippen molar-refractivity contribution >= 4 is 15.7 Å². The van der Waals surface area contributed by atoms with Crippen LogP contribution in [0.2, 0.25) is 0 Å². The smallest absolute Gasteiger partial charge is 0.262 e. The molecule has 7 heteroatoms. The van der Waals surface area contributed by atoms with Gasteiger partial charge in [-0.05, 0) is 44.5 Å². The van der Waals surface area contributed by atoms with Crippen molar-refractivity contribution in [3.8, 4) is 0 Å². The maximum atomic E-state index is 12.6. The van der Waals surface area contributed by atoms with Crippen LogP contribution in [0.15, 0.2) is 23.4 Å². The summed E-state index contributed by atoms with van der Waals surface area (Å²) in [6, 6.07) is 3.57. The number of sulfonamides is 1. The van der Waals surface area contributed by atoms with Crippen LogP contribution in [0.4, 0.5) is 5.69 Å². The van der Waals surface area contributed by atoms with Crippen LogP contribution in [0.5, 0.6) is 0 Å². The predicted octanol–water partition coefficient (Wildman–Crippen LogP) is 0.913. The Morgan fingerprint density at radius 1 is 1.19 bits per heavy atom. The molecule has 2 fully saturated rings. The Morgan fingerprint density at radius 3 is 2.67 bits per heavy atom. The van der Waals surface area contributed by atoms with E-state index in [9.17, 15) is 8.42 Å². The van der Waals surface area contributed by atoms with Gasteiger partial charge in [0.1, 0.15) is 0 Å². The lowest BCUT2D eigenvalue weighted by Gasteiger charge is -2.32. The molecule has 3 rings (SSSR count). The summed E-state index contributed by atoms with van der Waals surface area (Å²) in [6.45, 7) is 3.28. The summed E-state index contributed by atoms with van der Waals surface area (Å²) < 4.78 is 26.8. The number of nitrogen functional groups attached to an aromatic ring is 1. The van der Waals surface area contributed by atoms with Gasteiger partial charge in [0.2, 0.25) is 0 Å². The first-order chi connectivity index (χ1) is 10.1. The average molecular weight is 310 g/mol. The van der Waals surface area contributed by atoms with E-state index in [1.165, 1.54) is 29.8 Å². The molecule has 2 saturated heterocycles. The lowest BCUT2D eigenvalue weighted by molar-refractivity contribution is 0.169. The Balaban J connectivity index is 1.74. The van der Waals surface area contributed by atoms with Gasteiger partial charge in [0.25, 0.3) is 10.0 Å². The zero-order valence-corrected chi connectivity index (χ0v) is 12.9. The number of pyridine rings is 1. The lowest BCUT2D eigenvalue weighted by atomic mass is 10.1. The van der Waals surface area contributed by atoms with Gasteiger partial charge in [-0.1, -0.05) is 6.42 Å². The molecule has 21 heavy (non-hydrogen) atoms. The Hall–Kier alpha value is -1.18. The standard InChI is InChI=1S/C14H22N4O2S/c15-13-5-4-7-16-14(13)21(19,20)18-10-6-12(11-18)17-8-2-1-3-9-17/h4-5,7,12H,1-3,6,8-11,15H2. The maximum Gasteiger partial charge on any atom is 0.262 e. The van der Waals surface area contributed by atoms with Gasteiger partial charge >= 0.3 is 0 Å². The van der Waals surface area contributed by atoms with Crippen LogP contribution < -0.4 is 5.73 Å². The van der Waals surface area contributed by atoms with Crippen molar-refractivity contribution in [3.63, 3.8) is 0 Å². The topological polar surface area (TPSA) is 79.5 Å². The summed E-state index contributed by atoms with van der Waals surface area (Å²) in [6.07, 6.45) is 6.09. The lowest BCUT2D eigenvalue weighted by Crippen LogP contribution is -2.41. The van der Waals surface area contributed by atoms with E-state index < -0.39 is 10.0 Å². The van der Waals surface area contributed by atoms with Gasteiger partial charge in [-0.3, -0.25) is 4.90 Å². The molecule has 1 unspecified atom stereocenters. The maximum absolute atomic E-state index is 12.6. The van der Waals surface area contributed by atoms with Crippen molar-refractivity contribution in [2.24, 2.45) is 0 Å². The van der Waals surface area contributed by atoms with E-state index in [4.69, 9.17) is 5.73 Å². The van der Waals surface area contributed by atoms with Crippen LogP contribution in [-0.2, 0) is 10.0 Å². The number of likely N-dealkylation sites (tertiary alicyclic amines) is 1. The van der Waals surface area contributed by atoms with E-state index in [0.717, 1.165) is 19.5 Å². The average Bonchev–Trinajstić information content (AvgIpc) is 2.99. The number of nitrogens with zero attached hydrogens (tertiary/aromatic N) is 3. The van der Waals surface area contributed by atoms with E-state index in [-0.39, 0.29) is 10.7 Å². The third-order valence-electron chi connectivity index (χ3n) is 4.42. The summed E-state index contributed by atoms with van der Waals surface area (Å²) in [5.74, 6) is 0. The first-order valence-electron chi connectivity index (χ1n) is 7.54. The Morgan fingerprint density at radius 2 is 1.95 bits per heavy atom. The Kier molecular flexibility index (Phi) is 4.14. The second kappa shape index (κ2) is 5.90. The van der Waals surface area contributed by atoms with E-state index in [1.807, 2.05) is 0 Å². The zero-order chi connectivity index (χ0) is 14.9. The highest BCUT2D eigenvalue weighted by atomic mass is 32.2. The quantitative estimate of drug-likeness (QED) is 0.898. The van der Waals surface area contributed by atoms with Crippen molar-refractivity contribution < 1.29 is 8.42 Å². The molecule has 1 aromatic rings. The molecule has 0 bridgehead atoms. The first-order valence-corrected chi connectivity index (χ1v) is 8.98. The molecule has 116 valence electrons. The number of hydrogen-bond donors (Lipinski definition) is 1. The number of anilines is 1. The van der Waals surface area contributed by atoms with E-state index in [2.05, 4.69) is 9.88 Å². The number of aromatic nitrogens is 1. The van der Waals surface area contributed by atoms with Crippen LogP contribution in [0.3, 0.4) is 0 Å². The van der Waals surface area contributed by atoms with Gasteiger partial charge in [-0.15, -0.1) is 0 Å². The molecule has 1 aromatic heterocycles. The van der Waals surface area contributed by atoms with E-state index in [0.29, 0.717) is 19.1 Å². The van der Waals surface area contributed by atoms with Crippen molar-refractivity contribution in [1.29, 1.82) is 0 Å². The molecule has 2 aliphatic rings. The highest BCUT2D eigenvalue weighted by Crippen LogP contribution is 2.26. The normalized spacial score (nSPS) is 25.2. The monoisotopic (exact) mass is 310 g/mol. The second-order valence-corrected chi connectivity index (χ2v) is 7.65. The van der Waals surface area contributed by atoms with Gasteiger partial charge in [0, 0.05) is 25.3 Å². The fourth-order valence-corrected chi connectivity index (χ4v) is 4.77. The van der Waals surface area contributed by atoms with Crippen LogP contribution >= 0.6 is 0 Å². The molecule has 0 radical (unpaired) electrons. The fraction of sp³-hybridized carbons (Fsp3) is 0.643. The van der Waals surface area contributed by atoms with Gasteiger partial charge in [0.05, 0.1) is 5.69 Å². The fourth-order valence-electron chi connectivity index (χ4n) is 3.25. The van der Waals surface area contributed by atoms with Crippen LogP contribution in [0.25, 0.3) is 0 Å². The number of hydrogen-bond acceptors (Lipinski definition) is 5. The van der Waals surface area contributed by atoms with Crippen LogP contribution in [0.1, 0.15) is 25.7 Å². The predicted molar refractivity (Wildman–Crippen MR) is 81.2 cm³/mol. The summed E-state index contributed by atoms with van der Waals surface area (Å²) in [4.78, 5) is 6.40. The molecule has 0 saturated carbocycles. The molecule has 2 N–H and O–H groups in total. The van der Waals surface area contributed by atoms with Crippen LogP contribution in [0, 0.1) is 0 Å².